The molecular formula is C14H20N2O4. The molecule has 0 aliphatic carbocycles. The molecule has 0 radical (unpaired) electrons. The van der Waals surface area contributed by atoms with Crippen LogP contribution >= 0.6 is 0 Å². The molecule has 1 aromatic rings. The van der Waals surface area contributed by atoms with Gasteiger partial charge in [-0.1, -0.05) is 30.3 Å². The monoisotopic (exact) mass is 280 g/mol. The zero-order valence-corrected chi connectivity index (χ0v) is 11.4. The Hall–Kier alpha value is -1.92. The van der Waals surface area contributed by atoms with Crippen molar-refractivity contribution in [2.24, 2.45) is 5.73 Å². The molecule has 0 heterocycles. The van der Waals surface area contributed by atoms with E-state index in [1.54, 1.807) is 0 Å². The highest BCUT2D eigenvalue weighted by atomic mass is 16.5. The van der Waals surface area contributed by atoms with E-state index in [0.717, 1.165) is 5.56 Å². The summed E-state index contributed by atoms with van der Waals surface area (Å²) in [4.78, 5) is 22.9. The van der Waals surface area contributed by atoms with Crippen LogP contribution in [0.2, 0.25) is 0 Å². The van der Waals surface area contributed by atoms with E-state index in [9.17, 15) is 9.59 Å². The Labute approximate surface area is 117 Å². The van der Waals surface area contributed by atoms with Crippen LogP contribution in [0.25, 0.3) is 0 Å². The van der Waals surface area contributed by atoms with Crippen molar-refractivity contribution < 1.29 is 19.4 Å². The Morgan fingerprint density at radius 3 is 2.55 bits per heavy atom. The standard InChI is InChI=1S/C14H20N2O4/c1-20-8-7-12(14(18)19)16-13(17)11(15)9-10-5-3-2-4-6-10/h2-6,11-12H,7-9,15H2,1H3,(H,16,17)(H,18,19). The number of hydrogen-bond donors (Lipinski definition) is 3. The predicted octanol–water partition coefficient (Wildman–Crippen LogP) is 0.162. The molecule has 6 heteroatoms. The molecule has 20 heavy (non-hydrogen) atoms. The van der Waals surface area contributed by atoms with Gasteiger partial charge >= 0.3 is 5.97 Å². The van der Waals surface area contributed by atoms with Crippen LogP contribution in [0.3, 0.4) is 0 Å². The van der Waals surface area contributed by atoms with Crippen molar-refractivity contribution >= 4 is 11.9 Å². The summed E-state index contributed by atoms with van der Waals surface area (Å²) in [5, 5.41) is 11.4. The van der Waals surface area contributed by atoms with Crippen molar-refractivity contribution in [3.8, 4) is 0 Å². The number of carbonyl (C=O) groups excluding carboxylic acids is 1. The van der Waals surface area contributed by atoms with Crippen molar-refractivity contribution in [3.05, 3.63) is 35.9 Å². The van der Waals surface area contributed by atoms with Gasteiger partial charge in [0.15, 0.2) is 0 Å². The number of nitrogens with two attached hydrogens (primary N) is 1. The van der Waals surface area contributed by atoms with Gasteiger partial charge in [-0.05, 0) is 12.0 Å². The summed E-state index contributed by atoms with van der Waals surface area (Å²) in [6, 6.07) is 7.57. The van der Waals surface area contributed by atoms with E-state index < -0.39 is 24.0 Å². The maximum Gasteiger partial charge on any atom is 0.326 e. The third-order valence-electron chi connectivity index (χ3n) is 2.86. The number of nitrogens with one attached hydrogen (secondary N) is 1. The summed E-state index contributed by atoms with van der Waals surface area (Å²) in [5.41, 5.74) is 6.72. The third-order valence-corrected chi connectivity index (χ3v) is 2.86. The van der Waals surface area contributed by atoms with Crippen LogP contribution in [0.5, 0.6) is 0 Å². The highest BCUT2D eigenvalue weighted by molar-refractivity contribution is 5.86. The second-order valence-corrected chi connectivity index (χ2v) is 4.48. The molecule has 0 bridgehead atoms. The molecule has 0 fully saturated rings. The summed E-state index contributed by atoms with van der Waals surface area (Å²) in [6.45, 7) is 0.255. The van der Waals surface area contributed by atoms with Gasteiger partial charge in [0, 0.05) is 20.1 Å². The lowest BCUT2D eigenvalue weighted by Crippen LogP contribution is -2.49. The van der Waals surface area contributed by atoms with E-state index in [4.69, 9.17) is 15.6 Å². The molecule has 2 unspecified atom stereocenters. The number of carboxylic acids is 1. The van der Waals surface area contributed by atoms with E-state index >= 15 is 0 Å². The van der Waals surface area contributed by atoms with Crippen LogP contribution in [0.15, 0.2) is 30.3 Å². The molecule has 0 spiro atoms. The van der Waals surface area contributed by atoms with Crippen molar-refractivity contribution in [2.45, 2.75) is 24.9 Å². The van der Waals surface area contributed by atoms with E-state index in [2.05, 4.69) is 5.32 Å². The Bertz CT molecular complexity index is 436. The first-order valence-corrected chi connectivity index (χ1v) is 6.36. The number of hydrogen-bond acceptors (Lipinski definition) is 4. The zero-order chi connectivity index (χ0) is 15.0. The van der Waals surface area contributed by atoms with Crippen LogP contribution in [0.4, 0.5) is 0 Å². The maximum atomic E-state index is 11.9. The molecule has 1 amide bonds. The minimum absolute atomic E-state index is 0.204. The molecule has 0 aliphatic heterocycles. The average molecular weight is 280 g/mol. The number of ether oxygens (including phenoxy) is 1. The quantitative estimate of drug-likeness (QED) is 0.629. The lowest BCUT2D eigenvalue weighted by Gasteiger charge is -2.17. The summed E-state index contributed by atoms with van der Waals surface area (Å²) < 4.78 is 4.81. The molecule has 2 atom stereocenters. The fourth-order valence-corrected chi connectivity index (χ4v) is 1.73. The molecule has 4 N–H and O–H groups in total. The van der Waals surface area contributed by atoms with E-state index in [0.29, 0.717) is 6.42 Å². The summed E-state index contributed by atoms with van der Waals surface area (Å²) in [5.74, 6) is -1.57. The molecule has 110 valence electrons. The summed E-state index contributed by atoms with van der Waals surface area (Å²) >= 11 is 0. The largest absolute Gasteiger partial charge is 0.480 e. The van der Waals surface area contributed by atoms with Gasteiger partial charge in [0.1, 0.15) is 6.04 Å². The first-order valence-electron chi connectivity index (χ1n) is 6.36. The molecular weight excluding hydrogens is 260 g/mol. The minimum Gasteiger partial charge on any atom is -0.480 e. The van der Waals surface area contributed by atoms with Gasteiger partial charge in [-0.25, -0.2) is 4.79 Å². The summed E-state index contributed by atoms with van der Waals surface area (Å²) in [6.07, 6.45) is 0.568. The van der Waals surface area contributed by atoms with Gasteiger partial charge in [-0.2, -0.15) is 0 Å². The highest BCUT2D eigenvalue weighted by Crippen LogP contribution is 2.03. The molecule has 0 aliphatic rings. The summed E-state index contributed by atoms with van der Waals surface area (Å²) in [7, 11) is 1.47. The number of aliphatic carboxylic acids is 1. The zero-order valence-electron chi connectivity index (χ0n) is 11.4. The fourth-order valence-electron chi connectivity index (χ4n) is 1.73. The van der Waals surface area contributed by atoms with Gasteiger partial charge in [-0.15, -0.1) is 0 Å². The topological polar surface area (TPSA) is 102 Å². The predicted molar refractivity (Wildman–Crippen MR) is 74.2 cm³/mol. The number of amides is 1. The molecule has 0 saturated heterocycles. The number of methoxy groups -OCH3 is 1. The van der Waals surface area contributed by atoms with Crippen molar-refractivity contribution in [1.82, 2.24) is 5.32 Å². The van der Waals surface area contributed by atoms with Crippen molar-refractivity contribution in [2.75, 3.05) is 13.7 Å². The Morgan fingerprint density at radius 1 is 1.35 bits per heavy atom. The molecule has 0 saturated carbocycles. The van der Waals surface area contributed by atoms with Gasteiger partial charge in [0.25, 0.3) is 0 Å². The minimum atomic E-state index is -1.10. The smallest absolute Gasteiger partial charge is 0.326 e. The van der Waals surface area contributed by atoms with Crippen LogP contribution in [0.1, 0.15) is 12.0 Å². The molecule has 1 rings (SSSR count). The number of rotatable bonds is 8. The van der Waals surface area contributed by atoms with Crippen LogP contribution in [-0.2, 0) is 20.7 Å². The normalized spacial score (nSPS) is 13.5. The SMILES string of the molecule is COCCC(NC(=O)C(N)Cc1ccccc1)C(=O)O. The Kier molecular flexibility index (Phi) is 6.69. The fraction of sp³-hybridized carbons (Fsp3) is 0.429. The van der Waals surface area contributed by atoms with Crippen LogP contribution < -0.4 is 11.1 Å². The van der Waals surface area contributed by atoms with Crippen molar-refractivity contribution in [1.29, 1.82) is 0 Å². The first-order chi connectivity index (χ1) is 9.54. The Balaban J connectivity index is 2.53. The maximum absolute atomic E-state index is 11.9. The van der Waals surface area contributed by atoms with Gasteiger partial charge in [0.2, 0.25) is 5.91 Å². The van der Waals surface area contributed by atoms with Gasteiger partial charge < -0.3 is 20.9 Å². The lowest BCUT2D eigenvalue weighted by atomic mass is 10.1. The van der Waals surface area contributed by atoms with E-state index in [1.165, 1.54) is 7.11 Å². The number of carbonyl (C=O) groups is 2. The molecule has 6 nitrogen and oxygen atoms in total. The van der Waals surface area contributed by atoms with Crippen LogP contribution in [0, 0.1) is 0 Å². The van der Waals surface area contributed by atoms with E-state index in [-0.39, 0.29) is 13.0 Å². The number of benzene rings is 1. The second kappa shape index (κ2) is 8.29. The first kappa shape index (κ1) is 16.1. The van der Waals surface area contributed by atoms with Gasteiger partial charge in [-0.3, -0.25) is 4.79 Å². The third kappa shape index (κ3) is 5.38. The number of carboxylic acid groups (broad SMARTS) is 1. The van der Waals surface area contributed by atoms with E-state index in [1.807, 2.05) is 30.3 Å². The average Bonchev–Trinajstić information content (AvgIpc) is 2.43. The highest BCUT2D eigenvalue weighted by Gasteiger charge is 2.23. The Morgan fingerprint density at radius 2 is 2.00 bits per heavy atom. The van der Waals surface area contributed by atoms with Gasteiger partial charge in [0.05, 0.1) is 6.04 Å². The van der Waals surface area contributed by atoms with Crippen LogP contribution in [-0.4, -0.2) is 42.8 Å². The molecule has 0 aromatic heterocycles. The lowest BCUT2D eigenvalue weighted by molar-refractivity contribution is -0.142. The van der Waals surface area contributed by atoms with Crippen molar-refractivity contribution in [3.63, 3.8) is 0 Å². The molecule has 1 aromatic carbocycles. The second-order valence-electron chi connectivity index (χ2n) is 4.48.